The molecule has 0 aromatic heterocycles. The second-order valence-electron chi connectivity index (χ2n) is 8.10. The molecule has 0 atom stereocenters. The van der Waals surface area contributed by atoms with Crippen molar-refractivity contribution >= 4 is 23.4 Å². The van der Waals surface area contributed by atoms with E-state index >= 15 is 0 Å². The number of rotatable bonds is 4. The standard InChI is InChI=1S/C21H31N3O3/c1-16(25)22-12-14-23(15-13-22)20(27)10-11-24(17(2)26)19-8-6-18(7-9-19)21(3,4)5/h6-9H,10-15H2,1-5H3. The number of benzene rings is 1. The van der Waals surface area contributed by atoms with Gasteiger partial charge in [0, 0.05) is 58.7 Å². The van der Waals surface area contributed by atoms with Gasteiger partial charge < -0.3 is 14.7 Å². The zero-order valence-corrected chi connectivity index (χ0v) is 17.1. The molecule has 6 heteroatoms. The fourth-order valence-corrected chi connectivity index (χ4v) is 3.25. The molecule has 1 heterocycles. The summed E-state index contributed by atoms with van der Waals surface area (Å²) in [6, 6.07) is 7.96. The minimum atomic E-state index is -0.0762. The fourth-order valence-electron chi connectivity index (χ4n) is 3.25. The third kappa shape index (κ3) is 5.55. The third-order valence-electron chi connectivity index (χ3n) is 5.05. The number of hydrogen-bond acceptors (Lipinski definition) is 3. The van der Waals surface area contributed by atoms with Crippen LogP contribution in [-0.4, -0.2) is 60.2 Å². The number of nitrogens with zero attached hydrogens (tertiary/aromatic N) is 3. The first kappa shape index (κ1) is 20.9. The lowest BCUT2D eigenvalue weighted by Crippen LogP contribution is -2.50. The molecule has 3 amide bonds. The van der Waals surface area contributed by atoms with Crippen molar-refractivity contribution < 1.29 is 14.4 Å². The van der Waals surface area contributed by atoms with Crippen molar-refractivity contribution in [3.63, 3.8) is 0 Å². The van der Waals surface area contributed by atoms with Gasteiger partial charge in [0.2, 0.25) is 17.7 Å². The molecule has 148 valence electrons. The van der Waals surface area contributed by atoms with Crippen molar-refractivity contribution in [2.45, 2.75) is 46.5 Å². The van der Waals surface area contributed by atoms with Crippen molar-refractivity contribution in [3.8, 4) is 0 Å². The van der Waals surface area contributed by atoms with Crippen molar-refractivity contribution in [2.75, 3.05) is 37.6 Å². The summed E-state index contributed by atoms with van der Waals surface area (Å²) < 4.78 is 0. The highest BCUT2D eigenvalue weighted by Crippen LogP contribution is 2.25. The molecule has 27 heavy (non-hydrogen) atoms. The summed E-state index contributed by atoms with van der Waals surface area (Å²) >= 11 is 0. The van der Waals surface area contributed by atoms with Gasteiger partial charge in [0.15, 0.2) is 0 Å². The predicted octanol–water partition coefficient (Wildman–Crippen LogP) is 2.42. The van der Waals surface area contributed by atoms with Crippen LogP contribution in [0.5, 0.6) is 0 Å². The monoisotopic (exact) mass is 373 g/mol. The summed E-state index contributed by atoms with van der Waals surface area (Å²) in [5.41, 5.74) is 2.07. The van der Waals surface area contributed by atoms with E-state index in [2.05, 4.69) is 20.8 Å². The van der Waals surface area contributed by atoms with E-state index in [9.17, 15) is 14.4 Å². The summed E-state index contributed by atoms with van der Waals surface area (Å²) in [6.45, 7) is 12.1. The molecule has 1 aliphatic rings. The summed E-state index contributed by atoms with van der Waals surface area (Å²) in [5, 5.41) is 0. The van der Waals surface area contributed by atoms with E-state index < -0.39 is 0 Å². The van der Waals surface area contributed by atoms with Crippen LogP contribution in [-0.2, 0) is 19.8 Å². The molecule has 0 spiro atoms. The molecule has 1 fully saturated rings. The van der Waals surface area contributed by atoms with Gasteiger partial charge in [0.25, 0.3) is 0 Å². The highest BCUT2D eigenvalue weighted by atomic mass is 16.2. The molecular weight excluding hydrogens is 342 g/mol. The molecule has 0 unspecified atom stereocenters. The molecule has 0 bridgehead atoms. The largest absolute Gasteiger partial charge is 0.339 e. The van der Waals surface area contributed by atoms with Gasteiger partial charge >= 0.3 is 0 Å². The lowest BCUT2D eigenvalue weighted by molar-refractivity contribution is -0.138. The molecule has 6 nitrogen and oxygen atoms in total. The maximum atomic E-state index is 12.5. The second kappa shape index (κ2) is 8.55. The van der Waals surface area contributed by atoms with E-state index in [4.69, 9.17) is 0 Å². The first-order chi connectivity index (χ1) is 12.6. The Hall–Kier alpha value is -2.37. The van der Waals surface area contributed by atoms with Crippen LogP contribution in [0.15, 0.2) is 24.3 Å². The number of carbonyl (C=O) groups excluding carboxylic acids is 3. The van der Waals surface area contributed by atoms with Crippen molar-refractivity contribution in [2.24, 2.45) is 0 Å². The highest BCUT2D eigenvalue weighted by molar-refractivity contribution is 5.92. The van der Waals surface area contributed by atoms with E-state index in [0.29, 0.717) is 32.7 Å². The summed E-state index contributed by atoms with van der Waals surface area (Å²) in [6.07, 6.45) is 0.278. The molecule has 1 aromatic rings. The van der Waals surface area contributed by atoms with Crippen LogP contribution in [0.1, 0.15) is 46.6 Å². The van der Waals surface area contributed by atoms with E-state index in [1.165, 1.54) is 12.5 Å². The Kier molecular flexibility index (Phi) is 6.63. The quantitative estimate of drug-likeness (QED) is 0.814. The van der Waals surface area contributed by atoms with Crippen molar-refractivity contribution in [3.05, 3.63) is 29.8 Å². The molecule has 0 aliphatic carbocycles. The van der Waals surface area contributed by atoms with Gasteiger partial charge in [-0.3, -0.25) is 14.4 Å². The first-order valence-corrected chi connectivity index (χ1v) is 9.51. The van der Waals surface area contributed by atoms with Gasteiger partial charge in [0.1, 0.15) is 0 Å². The lowest BCUT2D eigenvalue weighted by atomic mass is 9.87. The number of piperazine rings is 1. The van der Waals surface area contributed by atoms with Crippen LogP contribution in [0.2, 0.25) is 0 Å². The van der Waals surface area contributed by atoms with Gasteiger partial charge in [-0.25, -0.2) is 0 Å². The molecule has 0 N–H and O–H groups in total. The second-order valence-corrected chi connectivity index (χ2v) is 8.10. The summed E-state index contributed by atoms with van der Waals surface area (Å²) in [7, 11) is 0. The minimum absolute atomic E-state index is 0.0239. The molecule has 1 aliphatic heterocycles. The molecule has 0 radical (unpaired) electrons. The summed E-state index contributed by atoms with van der Waals surface area (Å²) in [5.74, 6) is -0.00738. The predicted molar refractivity (Wildman–Crippen MR) is 107 cm³/mol. The van der Waals surface area contributed by atoms with Crippen LogP contribution < -0.4 is 4.90 Å². The Bertz CT molecular complexity index is 684. The zero-order valence-electron chi connectivity index (χ0n) is 17.1. The van der Waals surface area contributed by atoms with Crippen molar-refractivity contribution in [1.82, 2.24) is 9.80 Å². The van der Waals surface area contributed by atoms with Crippen LogP contribution >= 0.6 is 0 Å². The number of hydrogen-bond donors (Lipinski definition) is 0. The van der Waals surface area contributed by atoms with E-state index in [-0.39, 0.29) is 29.6 Å². The van der Waals surface area contributed by atoms with Crippen molar-refractivity contribution in [1.29, 1.82) is 0 Å². The smallest absolute Gasteiger partial charge is 0.224 e. The maximum Gasteiger partial charge on any atom is 0.224 e. The molecular formula is C21H31N3O3. The van der Waals surface area contributed by atoms with Gasteiger partial charge in [0.05, 0.1) is 0 Å². The average Bonchev–Trinajstić information content (AvgIpc) is 2.61. The maximum absolute atomic E-state index is 12.5. The number of amides is 3. The normalized spacial score (nSPS) is 14.9. The Balaban J connectivity index is 1.96. The Morgan fingerprint density at radius 3 is 1.89 bits per heavy atom. The average molecular weight is 373 g/mol. The van der Waals surface area contributed by atoms with Gasteiger partial charge in [-0.05, 0) is 23.1 Å². The SMILES string of the molecule is CC(=O)N1CCN(C(=O)CCN(C(C)=O)c2ccc(C(C)(C)C)cc2)CC1. The number of anilines is 1. The first-order valence-electron chi connectivity index (χ1n) is 9.51. The van der Waals surface area contributed by atoms with E-state index in [0.717, 1.165) is 5.69 Å². The van der Waals surface area contributed by atoms with E-state index in [1.54, 1.807) is 21.6 Å². The Labute approximate surface area is 162 Å². The van der Waals surface area contributed by atoms with Crippen LogP contribution in [0.4, 0.5) is 5.69 Å². The summed E-state index contributed by atoms with van der Waals surface area (Å²) in [4.78, 5) is 41.2. The van der Waals surface area contributed by atoms with Gasteiger partial charge in [-0.1, -0.05) is 32.9 Å². The van der Waals surface area contributed by atoms with Gasteiger partial charge in [-0.2, -0.15) is 0 Å². The van der Waals surface area contributed by atoms with Crippen LogP contribution in [0.25, 0.3) is 0 Å². The Morgan fingerprint density at radius 1 is 0.926 bits per heavy atom. The fraction of sp³-hybridized carbons (Fsp3) is 0.571. The highest BCUT2D eigenvalue weighted by Gasteiger charge is 2.23. The van der Waals surface area contributed by atoms with Crippen LogP contribution in [0.3, 0.4) is 0 Å². The number of carbonyl (C=O) groups is 3. The lowest BCUT2D eigenvalue weighted by Gasteiger charge is -2.34. The zero-order chi connectivity index (χ0) is 20.2. The molecule has 1 saturated heterocycles. The topological polar surface area (TPSA) is 60.9 Å². The Morgan fingerprint density at radius 2 is 1.44 bits per heavy atom. The van der Waals surface area contributed by atoms with Crippen LogP contribution in [0, 0.1) is 0 Å². The molecule has 1 aromatic carbocycles. The third-order valence-corrected chi connectivity index (χ3v) is 5.05. The molecule has 2 rings (SSSR count). The van der Waals surface area contributed by atoms with Gasteiger partial charge in [-0.15, -0.1) is 0 Å². The van der Waals surface area contributed by atoms with E-state index in [1.807, 2.05) is 24.3 Å². The molecule has 0 saturated carbocycles. The minimum Gasteiger partial charge on any atom is -0.339 e.